The molecule has 5 nitrogen and oxygen atoms in total. The second kappa shape index (κ2) is 5.96. The summed E-state index contributed by atoms with van der Waals surface area (Å²) in [6.07, 6.45) is -2.12. The number of hydrogen-bond donors (Lipinski definition) is 2. The highest BCUT2D eigenvalue weighted by Crippen LogP contribution is 2.22. The topological polar surface area (TPSA) is 71.2 Å². The highest BCUT2D eigenvalue weighted by Gasteiger charge is 2.32. The molecular formula is C11H15F3N4OS. The van der Waals surface area contributed by atoms with E-state index in [1.807, 2.05) is 10.2 Å². The number of nitrogens with zero attached hydrogens (tertiary/aromatic N) is 2. The van der Waals surface area contributed by atoms with Gasteiger partial charge >= 0.3 is 6.18 Å². The van der Waals surface area contributed by atoms with Gasteiger partial charge in [0.2, 0.25) is 5.91 Å². The fourth-order valence-electron chi connectivity index (χ4n) is 2.14. The molecule has 2 heterocycles. The van der Waals surface area contributed by atoms with Crippen molar-refractivity contribution in [2.45, 2.75) is 19.1 Å². The Morgan fingerprint density at radius 2 is 2.35 bits per heavy atom. The van der Waals surface area contributed by atoms with E-state index in [1.54, 1.807) is 6.20 Å². The summed E-state index contributed by atoms with van der Waals surface area (Å²) in [4.78, 5) is 18.6. The lowest BCUT2D eigenvalue weighted by Crippen LogP contribution is -2.38. The van der Waals surface area contributed by atoms with E-state index < -0.39 is 18.6 Å². The van der Waals surface area contributed by atoms with Gasteiger partial charge in [0.25, 0.3) is 0 Å². The maximum Gasteiger partial charge on any atom is 0.405 e. The highest BCUT2D eigenvalue weighted by molar-refractivity contribution is 7.15. The van der Waals surface area contributed by atoms with Crippen LogP contribution in [-0.2, 0) is 11.3 Å². The van der Waals surface area contributed by atoms with Gasteiger partial charge in [-0.05, 0) is 13.0 Å². The van der Waals surface area contributed by atoms with Gasteiger partial charge in [-0.3, -0.25) is 9.69 Å². The normalized spacial score (nSPS) is 20.2. The number of aromatic nitrogens is 1. The zero-order chi connectivity index (χ0) is 14.8. The molecule has 0 aliphatic carbocycles. The minimum Gasteiger partial charge on any atom is -0.375 e. The number of carbonyl (C=O) groups excluding carboxylic acids is 1. The Hall–Kier alpha value is -1.35. The van der Waals surface area contributed by atoms with Gasteiger partial charge in [0.05, 0.1) is 5.92 Å². The summed E-state index contributed by atoms with van der Waals surface area (Å²) in [5, 5.41) is 2.42. The number of anilines is 1. The Labute approximate surface area is 118 Å². The van der Waals surface area contributed by atoms with Crippen LogP contribution >= 0.6 is 11.3 Å². The molecule has 9 heteroatoms. The molecule has 1 aromatic rings. The van der Waals surface area contributed by atoms with Gasteiger partial charge in [-0.15, -0.1) is 11.3 Å². The van der Waals surface area contributed by atoms with Crippen LogP contribution in [0.5, 0.6) is 0 Å². The molecule has 112 valence electrons. The second-order valence-corrected chi connectivity index (χ2v) is 5.87. The summed E-state index contributed by atoms with van der Waals surface area (Å²) < 4.78 is 36.1. The van der Waals surface area contributed by atoms with E-state index in [1.165, 1.54) is 11.3 Å². The fourth-order valence-corrected chi connectivity index (χ4v) is 2.86. The molecule has 2 rings (SSSR count). The maximum atomic E-state index is 12.0. The number of hydrogen-bond acceptors (Lipinski definition) is 5. The first-order valence-electron chi connectivity index (χ1n) is 6.10. The summed E-state index contributed by atoms with van der Waals surface area (Å²) in [7, 11) is 0. The van der Waals surface area contributed by atoms with Gasteiger partial charge in [0, 0.05) is 24.2 Å². The smallest absolute Gasteiger partial charge is 0.375 e. The third-order valence-corrected chi connectivity index (χ3v) is 3.87. The number of likely N-dealkylation sites (tertiary alicyclic amines) is 1. The Balaban J connectivity index is 1.78. The van der Waals surface area contributed by atoms with Crippen molar-refractivity contribution in [1.29, 1.82) is 0 Å². The third kappa shape index (κ3) is 4.34. The molecule has 1 aromatic heterocycles. The Morgan fingerprint density at radius 1 is 1.60 bits per heavy atom. The average Bonchev–Trinajstić information content (AvgIpc) is 2.95. The number of alkyl halides is 3. The van der Waals surface area contributed by atoms with Crippen LogP contribution in [0.25, 0.3) is 0 Å². The molecule has 0 radical (unpaired) electrons. The van der Waals surface area contributed by atoms with Crippen molar-refractivity contribution >= 4 is 22.4 Å². The molecule has 1 unspecified atom stereocenters. The molecular weight excluding hydrogens is 293 g/mol. The Kier molecular flexibility index (Phi) is 4.48. The lowest BCUT2D eigenvalue weighted by molar-refractivity contribution is -0.140. The minimum absolute atomic E-state index is 0.386. The predicted molar refractivity (Wildman–Crippen MR) is 69.0 cm³/mol. The monoisotopic (exact) mass is 308 g/mol. The van der Waals surface area contributed by atoms with Crippen molar-refractivity contribution in [2.24, 2.45) is 5.92 Å². The van der Waals surface area contributed by atoms with Gasteiger partial charge in [-0.25, -0.2) is 4.98 Å². The van der Waals surface area contributed by atoms with Crippen LogP contribution in [0, 0.1) is 5.92 Å². The van der Waals surface area contributed by atoms with E-state index >= 15 is 0 Å². The molecule has 1 aliphatic rings. The lowest BCUT2D eigenvalue weighted by Gasteiger charge is -2.15. The molecule has 3 N–H and O–H groups in total. The summed E-state index contributed by atoms with van der Waals surface area (Å²) in [6.45, 7) is 0.495. The van der Waals surface area contributed by atoms with Crippen LogP contribution < -0.4 is 11.1 Å². The SMILES string of the molecule is Nc1ncc(CN2CCC(C(=O)NCC(F)(F)F)C2)s1. The van der Waals surface area contributed by atoms with Gasteiger partial charge in [0.1, 0.15) is 6.54 Å². The van der Waals surface area contributed by atoms with Gasteiger partial charge in [0.15, 0.2) is 5.13 Å². The van der Waals surface area contributed by atoms with Gasteiger partial charge < -0.3 is 11.1 Å². The summed E-state index contributed by atoms with van der Waals surface area (Å²) >= 11 is 1.37. The minimum atomic E-state index is -4.37. The Morgan fingerprint density at radius 3 is 2.95 bits per heavy atom. The number of nitrogen functional groups attached to an aromatic ring is 1. The summed E-state index contributed by atoms with van der Waals surface area (Å²) in [5.41, 5.74) is 5.53. The first-order chi connectivity index (χ1) is 9.33. The molecule has 0 saturated carbocycles. The van der Waals surface area contributed by atoms with E-state index in [2.05, 4.69) is 4.98 Å². The maximum absolute atomic E-state index is 12.0. The number of nitrogens with one attached hydrogen (secondary N) is 1. The molecule has 20 heavy (non-hydrogen) atoms. The van der Waals surface area contributed by atoms with Crippen LogP contribution in [0.15, 0.2) is 6.20 Å². The molecule has 0 bridgehead atoms. The quantitative estimate of drug-likeness (QED) is 0.877. The first kappa shape index (κ1) is 15.0. The summed E-state index contributed by atoms with van der Waals surface area (Å²) in [6, 6.07) is 0. The van der Waals surface area contributed by atoms with Crippen LogP contribution in [0.3, 0.4) is 0 Å². The molecule has 1 amide bonds. The fraction of sp³-hybridized carbons (Fsp3) is 0.636. The standard InChI is InChI=1S/C11H15F3N4OS/c12-11(13,14)6-17-9(19)7-1-2-18(4-7)5-8-3-16-10(15)20-8/h3,7H,1-2,4-6H2,(H2,15,16)(H,17,19). The van der Waals surface area contributed by atoms with Gasteiger partial charge in [-0.1, -0.05) is 0 Å². The average molecular weight is 308 g/mol. The van der Waals surface area contributed by atoms with Crippen molar-refractivity contribution in [3.63, 3.8) is 0 Å². The van der Waals surface area contributed by atoms with E-state index in [0.29, 0.717) is 31.2 Å². The lowest BCUT2D eigenvalue weighted by atomic mass is 10.1. The number of thiazole rings is 1. The van der Waals surface area contributed by atoms with Crippen molar-refractivity contribution in [3.05, 3.63) is 11.1 Å². The van der Waals surface area contributed by atoms with Gasteiger partial charge in [-0.2, -0.15) is 13.2 Å². The van der Waals surface area contributed by atoms with Crippen molar-refractivity contribution in [2.75, 3.05) is 25.4 Å². The van der Waals surface area contributed by atoms with Crippen LogP contribution in [-0.4, -0.2) is 41.6 Å². The Bertz CT molecular complexity index is 476. The molecule has 0 aromatic carbocycles. The first-order valence-corrected chi connectivity index (χ1v) is 6.92. The van der Waals surface area contributed by atoms with E-state index in [-0.39, 0.29) is 5.92 Å². The van der Waals surface area contributed by atoms with Crippen LogP contribution in [0.4, 0.5) is 18.3 Å². The largest absolute Gasteiger partial charge is 0.405 e. The highest BCUT2D eigenvalue weighted by atomic mass is 32.1. The van der Waals surface area contributed by atoms with E-state index in [0.717, 1.165) is 4.88 Å². The van der Waals surface area contributed by atoms with Crippen molar-refractivity contribution in [3.8, 4) is 0 Å². The summed E-state index contributed by atoms with van der Waals surface area (Å²) in [5.74, 6) is -0.920. The van der Waals surface area contributed by atoms with Crippen LogP contribution in [0.2, 0.25) is 0 Å². The van der Waals surface area contributed by atoms with Crippen molar-refractivity contribution < 1.29 is 18.0 Å². The zero-order valence-corrected chi connectivity index (χ0v) is 11.4. The van der Waals surface area contributed by atoms with Crippen LogP contribution in [0.1, 0.15) is 11.3 Å². The molecule has 1 fully saturated rings. The molecule has 1 atom stereocenters. The van der Waals surface area contributed by atoms with E-state index in [4.69, 9.17) is 5.73 Å². The molecule has 1 saturated heterocycles. The number of rotatable bonds is 4. The van der Waals surface area contributed by atoms with Crippen molar-refractivity contribution in [1.82, 2.24) is 15.2 Å². The predicted octanol–water partition coefficient (Wildman–Crippen LogP) is 1.23. The molecule has 0 spiro atoms. The number of nitrogens with two attached hydrogens (primary N) is 1. The number of amides is 1. The zero-order valence-electron chi connectivity index (χ0n) is 10.6. The molecule has 1 aliphatic heterocycles. The number of halogens is 3. The second-order valence-electron chi connectivity index (χ2n) is 4.72. The third-order valence-electron chi connectivity index (χ3n) is 3.06. The van der Waals surface area contributed by atoms with E-state index in [9.17, 15) is 18.0 Å². The number of carbonyl (C=O) groups is 1.